The fraction of sp³-hybridized carbons (Fsp3) is 0.200. The molecule has 1 heterocycles. The third-order valence-electron chi connectivity index (χ3n) is 10.1. The Labute approximate surface area is 286 Å². The van der Waals surface area contributed by atoms with E-state index in [0.717, 1.165) is 36.4 Å². The van der Waals surface area contributed by atoms with Crippen molar-refractivity contribution in [3.05, 3.63) is 197 Å². The van der Waals surface area contributed by atoms with Crippen LogP contribution >= 0.6 is 11.6 Å². The van der Waals surface area contributed by atoms with Gasteiger partial charge in [-0.1, -0.05) is 140 Å². The quantitative estimate of drug-likeness (QED) is 0.103. The van der Waals surface area contributed by atoms with Crippen LogP contribution < -0.4 is 4.90 Å². The van der Waals surface area contributed by atoms with Crippen LogP contribution in [0.25, 0.3) is 10.8 Å². The molecular formula is C45H44ClN. The first kappa shape index (κ1) is 32.4. The SMILES string of the molecule is C=CCC(C)(C(=C)/C=C/C=C1/N(CC)c2ccc(Cl)cc2C1(Cc1ccccc1)Cc1ccccc1)c1c(C)ccc2ccccc12. The number of rotatable bonds is 11. The van der Waals surface area contributed by atoms with Crippen molar-refractivity contribution in [2.45, 2.75) is 50.9 Å². The number of hydrogen-bond donors (Lipinski definition) is 0. The Hall–Kier alpha value is -4.59. The summed E-state index contributed by atoms with van der Waals surface area (Å²) < 4.78 is 0. The largest absolute Gasteiger partial charge is 0.344 e. The highest BCUT2D eigenvalue weighted by atomic mass is 35.5. The van der Waals surface area contributed by atoms with Gasteiger partial charge in [-0.25, -0.2) is 0 Å². The maximum atomic E-state index is 6.76. The molecule has 1 aliphatic rings. The van der Waals surface area contributed by atoms with Crippen molar-refractivity contribution in [3.63, 3.8) is 0 Å². The van der Waals surface area contributed by atoms with Crippen molar-refractivity contribution >= 4 is 28.1 Å². The zero-order chi connectivity index (χ0) is 33.0. The molecule has 1 unspecified atom stereocenters. The first-order chi connectivity index (χ1) is 22.8. The van der Waals surface area contributed by atoms with Gasteiger partial charge in [-0.2, -0.15) is 0 Å². The maximum absolute atomic E-state index is 6.76. The summed E-state index contributed by atoms with van der Waals surface area (Å²) in [6, 6.07) is 41.2. The number of benzene rings is 5. The summed E-state index contributed by atoms with van der Waals surface area (Å²) in [4.78, 5) is 2.47. The molecule has 0 saturated heterocycles. The second kappa shape index (κ2) is 13.6. The summed E-state index contributed by atoms with van der Waals surface area (Å²) in [6.45, 7) is 16.5. The minimum Gasteiger partial charge on any atom is -0.344 e. The highest BCUT2D eigenvalue weighted by Crippen LogP contribution is 2.52. The lowest BCUT2D eigenvalue weighted by Crippen LogP contribution is -2.35. The van der Waals surface area contributed by atoms with Gasteiger partial charge in [-0.3, -0.25) is 0 Å². The lowest BCUT2D eigenvalue weighted by atomic mass is 9.70. The summed E-state index contributed by atoms with van der Waals surface area (Å²) in [6.07, 6.45) is 11.3. The van der Waals surface area contributed by atoms with Gasteiger partial charge in [0, 0.05) is 33.8 Å². The molecule has 2 heteroatoms. The zero-order valence-electron chi connectivity index (χ0n) is 27.8. The number of anilines is 1. The molecule has 0 spiro atoms. The average molecular weight is 634 g/mol. The van der Waals surface area contributed by atoms with Crippen LogP contribution in [0, 0.1) is 6.92 Å². The summed E-state index contributed by atoms with van der Waals surface area (Å²) >= 11 is 6.76. The predicted molar refractivity (Wildman–Crippen MR) is 204 cm³/mol. The molecule has 5 aromatic rings. The van der Waals surface area contributed by atoms with Crippen LogP contribution in [-0.4, -0.2) is 6.54 Å². The molecule has 5 aromatic carbocycles. The van der Waals surface area contributed by atoms with Gasteiger partial charge in [0.15, 0.2) is 0 Å². The molecule has 0 bridgehead atoms. The normalized spacial score (nSPS) is 16.0. The van der Waals surface area contributed by atoms with Crippen LogP contribution in [0.15, 0.2) is 164 Å². The van der Waals surface area contributed by atoms with E-state index in [0.29, 0.717) is 0 Å². The smallest absolute Gasteiger partial charge is 0.0457 e. The first-order valence-corrected chi connectivity index (χ1v) is 17.0. The van der Waals surface area contributed by atoms with Gasteiger partial charge in [0.1, 0.15) is 0 Å². The Morgan fingerprint density at radius 3 is 2.13 bits per heavy atom. The van der Waals surface area contributed by atoms with Crippen molar-refractivity contribution < 1.29 is 0 Å². The van der Waals surface area contributed by atoms with Crippen LogP contribution in [-0.2, 0) is 23.7 Å². The minimum absolute atomic E-state index is 0.316. The number of halogens is 1. The molecular weight excluding hydrogens is 590 g/mol. The van der Waals surface area contributed by atoms with E-state index >= 15 is 0 Å². The molecule has 1 nitrogen and oxygen atoms in total. The highest BCUT2D eigenvalue weighted by Gasteiger charge is 2.46. The van der Waals surface area contributed by atoms with Gasteiger partial charge in [0.2, 0.25) is 0 Å². The summed E-state index contributed by atoms with van der Waals surface area (Å²) in [5.41, 5.74) is 9.40. The van der Waals surface area contributed by atoms with Gasteiger partial charge in [-0.05, 0) is 102 Å². The van der Waals surface area contributed by atoms with E-state index in [9.17, 15) is 0 Å². The third-order valence-corrected chi connectivity index (χ3v) is 10.3. The van der Waals surface area contributed by atoms with E-state index in [1.807, 2.05) is 12.1 Å². The number of allylic oxidation sites excluding steroid dienone is 6. The first-order valence-electron chi connectivity index (χ1n) is 16.6. The average Bonchev–Trinajstić information content (AvgIpc) is 3.32. The van der Waals surface area contributed by atoms with Crippen LogP contribution in [0.5, 0.6) is 0 Å². The number of hydrogen-bond acceptors (Lipinski definition) is 1. The van der Waals surface area contributed by atoms with Crippen LogP contribution in [0.2, 0.25) is 5.02 Å². The van der Waals surface area contributed by atoms with E-state index in [-0.39, 0.29) is 10.8 Å². The Bertz CT molecular complexity index is 1920. The van der Waals surface area contributed by atoms with Gasteiger partial charge in [-0.15, -0.1) is 6.58 Å². The molecule has 0 aliphatic carbocycles. The number of likely N-dealkylation sites (N-methyl/N-ethyl adjacent to an activating group) is 1. The number of nitrogens with zero attached hydrogens (tertiary/aromatic N) is 1. The summed E-state index contributed by atoms with van der Waals surface area (Å²) in [5.74, 6) is 0. The number of aryl methyl sites for hydroxylation is 1. The topological polar surface area (TPSA) is 3.24 Å². The third kappa shape index (κ3) is 6.13. The van der Waals surface area contributed by atoms with E-state index in [1.54, 1.807) is 0 Å². The lowest BCUT2D eigenvalue weighted by Gasteiger charge is -2.35. The molecule has 0 radical (unpaired) electrons. The fourth-order valence-electron chi connectivity index (χ4n) is 7.80. The minimum atomic E-state index is -0.318. The van der Waals surface area contributed by atoms with Gasteiger partial charge < -0.3 is 4.90 Å². The highest BCUT2D eigenvalue weighted by molar-refractivity contribution is 6.30. The van der Waals surface area contributed by atoms with Crippen molar-refractivity contribution in [1.29, 1.82) is 0 Å². The molecule has 0 N–H and O–H groups in total. The Kier molecular flexibility index (Phi) is 9.39. The van der Waals surface area contributed by atoms with Crippen LogP contribution in [0.3, 0.4) is 0 Å². The van der Waals surface area contributed by atoms with Crippen molar-refractivity contribution in [3.8, 4) is 0 Å². The molecule has 0 fully saturated rings. The van der Waals surface area contributed by atoms with Crippen molar-refractivity contribution in [2.24, 2.45) is 0 Å². The maximum Gasteiger partial charge on any atom is 0.0457 e. The van der Waals surface area contributed by atoms with Gasteiger partial charge in [0.25, 0.3) is 0 Å². The van der Waals surface area contributed by atoms with Gasteiger partial charge in [0.05, 0.1) is 0 Å². The molecule has 47 heavy (non-hydrogen) atoms. The molecule has 0 amide bonds. The molecule has 236 valence electrons. The molecule has 1 atom stereocenters. The molecule has 6 rings (SSSR count). The van der Waals surface area contributed by atoms with E-state index in [2.05, 4.69) is 160 Å². The lowest BCUT2D eigenvalue weighted by molar-refractivity contribution is 0.504. The summed E-state index contributed by atoms with van der Waals surface area (Å²) in [7, 11) is 0. The molecule has 0 aromatic heterocycles. The van der Waals surface area contributed by atoms with E-state index in [1.165, 1.54) is 50.0 Å². The van der Waals surface area contributed by atoms with Crippen LogP contribution in [0.4, 0.5) is 5.69 Å². The Balaban J connectivity index is 1.49. The molecule has 0 saturated carbocycles. The second-order valence-corrected chi connectivity index (χ2v) is 13.5. The predicted octanol–water partition coefficient (Wildman–Crippen LogP) is 11.9. The number of fused-ring (bicyclic) bond motifs is 2. The van der Waals surface area contributed by atoms with Gasteiger partial charge >= 0.3 is 0 Å². The Morgan fingerprint density at radius 2 is 1.49 bits per heavy atom. The van der Waals surface area contributed by atoms with Crippen molar-refractivity contribution in [2.75, 3.05) is 11.4 Å². The van der Waals surface area contributed by atoms with Crippen molar-refractivity contribution in [1.82, 2.24) is 0 Å². The van der Waals surface area contributed by atoms with E-state index < -0.39 is 0 Å². The summed E-state index contributed by atoms with van der Waals surface area (Å²) in [5, 5.41) is 3.28. The second-order valence-electron chi connectivity index (χ2n) is 13.1. The monoisotopic (exact) mass is 633 g/mol. The van der Waals surface area contributed by atoms with Crippen LogP contribution in [0.1, 0.15) is 48.1 Å². The zero-order valence-corrected chi connectivity index (χ0v) is 28.6. The Morgan fingerprint density at radius 1 is 0.851 bits per heavy atom. The fourth-order valence-corrected chi connectivity index (χ4v) is 7.97. The molecule has 1 aliphatic heterocycles. The van der Waals surface area contributed by atoms with E-state index in [4.69, 9.17) is 18.2 Å². The standard InChI is InChI=1S/C45H44ClN/c1-6-29-44(5,43-33(3)25-26-37-22-14-15-23-39(37)43)34(4)17-16-24-42-45(31-35-18-10-8-11-19-35,32-36-20-12-9-13-21-36)40-30-38(46)27-28-41(40)47(42)7-2/h6,8-28,30H,1,4,7,29,31-32H2,2-3,5H3/b17-16+,42-24+.